The average Bonchev–Trinajstić information content (AvgIpc) is 2.55. The maximum atomic E-state index is 10.9. The highest BCUT2D eigenvalue weighted by molar-refractivity contribution is 6.00. The fourth-order valence-electron chi connectivity index (χ4n) is 2.97. The minimum atomic E-state index is -0.643. The number of carbonyl (C=O) groups is 1. The lowest BCUT2D eigenvalue weighted by Crippen LogP contribution is -2.25. The summed E-state index contributed by atoms with van der Waals surface area (Å²) in [6.07, 6.45) is 3.94. The van der Waals surface area contributed by atoms with Crippen molar-refractivity contribution >= 4 is 11.7 Å². The number of rotatable bonds is 2. The van der Waals surface area contributed by atoms with Gasteiger partial charge in [-0.1, -0.05) is 36.4 Å². The Balaban J connectivity index is 1.96. The normalized spacial score (nSPS) is 14.2. The molecule has 23 heavy (non-hydrogen) atoms. The van der Waals surface area contributed by atoms with Crippen molar-refractivity contribution in [2.45, 2.75) is 32.6 Å². The predicted molar refractivity (Wildman–Crippen MR) is 92.6 cm³/mol. The van der Waals surface area contributed by atoms with Crippen molar-refractivity contribution in [3.05, 3.63) is 70.3 Å². The highest BCUT2D eigenvalue weighted by Crippen LogP contribution is 2.20. The van der Waals surface area contributed by atoms with Crippen molar-refractivity contribution in [1.82, 2.24) is 5.43 Å². The molecule has 4 heteroatoms. The number of nitrogens with two attached hydrogens (primary N) is 1. The van der Waals surface area contributed by atoms with Gasteiger partial charge >= 0.3 is 6.03 Å². The van der Waals surface area contributed by atoms with Gasteiger partial charge < -0.3 is 5.73 Å². The molecule has 2 amide bonds. The molecule has 2 aromatic carbocycles. The number of amides is 2. The fraction of sp³-hybridized carbons (Fsp3) is 0.263. The standard InChI is InChI=1S/C19H21N3O/c1-13(21-22-19(20)23)18-12-16-7-6-14-2-4-15(5-3-14)8-10-17(18)11-9-16/h2-5,9,11-12H,6-8,10H2,1H3,(H3,20,22,23). The van der Waals surface area contributed by atoms with Gasteiger partial charge in [-0.05, 0) is 60.9 Å². The van der Waals surface area contributed by atoms with Crippen molar-refractivity contribution in [2.24, 2.45) is 10.8 Å². The lowest BCUT2D eigenvalue weighted by molar-refractivity contribution is 0.249. The number of hydrogen-bond donors (Lipinski definition) is 2. The zero-order valence-corrected chi connectivity index (χ0v) is 13.3. The van der Waals surface area contributed by atoms with E-state index in [1.165, 1.54) is 22.3 Å². The number of urea groups is 1. The third-order valence-corrected chi connectivity index (χ3v) is 4.31. The van der Waals surface area contributed by atoms with Crippen LogP contribution in [0.4, 0.5) is 4.79 Å². The summed E-state index contributed by atoms with van der Waals surface area (Å²) in [5.74, 6) is 0. The maximum Gasteiger partial charge on any atom is 0.332 e. The summed E-state index contributed by atoms with van der Waals surface area (Å²) in [6, 6.07) is 14.8. The van der Waals surface area contributed by atoms with Crippen LogP contribution in [0.1, 0.15) is 34.7 Å². The Morgan fingerprint density at radius 2 is 1.52 bits per heavy atom. The first-order valence-electron chi connectivity index (χ1n) is 7.91. The summed E-state index contributed by atoms with van der Waals surface area (Å²) in [6.45, 7) is 1.90. The quantitative estimate of drug-likeness (QED) is 0.650. The molecule has 4 aliphatic carbocycles. The van der Waals surface area contributed by atoms with Crippen LogP contribution in [-0.2, 0) is 25.7 Å². The first-order chi connectivity index (χ1) is 11.1. The monoisotopic (exact) mass is 307 g/mol. The number of aryl methyl sites for hydroxylation is 4. The summed E-state index contributed by atoms with van der Waals surface area (Å²) in [4.78, 5) is 10.9. The van der Waals surface area contributed by atoms with Crippen molar-refractivity contribution in [2.75, 3.05) is 0 Å². The number of primary amides is 1. The van der Waals surface area contributed by atoms with E-state index in [-0.39, 0.29) is 0 Å². The number of nitrogens with zero attached hydrogens (tertiary/aromatic N) is 1. The van der Waals surface area contributed by atoms with Gasteiger partial charge in [-0.15, -0.1) is 0 Å². The number of hydrogen-bond acceptors (Lipinski definition) is 2. The summed E-state index contributed by atoms with van der Waals surface area (Å²) < 4.78 is 0. The highest BCUT2D eigenvalue weighted by atomic mass is 16.2. The molecule has 2 aromatic rings. The smallest absolute Gasteiger partial charge is 0.332 e. The van der Waals surface area contributed by atoms with Crippen LogP contribution < -0.4 is 11.2 Å². The Hall–Kier alpha value is -2.62. The third kappa shape index (κ3) is 3.77. The Kier molecular flexibility index (Phi) is 4.42. The van der Waals surface area contributed by atoms with Crippen LogP contribution >= 0.6 is 0 Å². The largest absolute Gasteiger partial charge is 0.350 e. The molecule has 4 aliphatic rings. The van der Waals surface area contributed by atoms with Crippen LogP contribution in [0.2, 0.25) is 0 Å². The molecule has 0 fully saturated rings. The van der Waals surface area contributed by atoms with Crippen molar-refractivity contribution in [3.8, 4) is 0 Å². The van der Waals surface area contributed by atoms with E-state index in [0.717, 1.165) is 37.0 Å². The second kappa shape index (κ2) is 6.65. The summed E-state index contributed by atoms with van der Waals surface area (Å²) in [7, 11) is 0. The van der Waals surface area contributed by atoms with Gasteiger partial charge in [0.15, 0.2) is 0 Å². The van der Waals surface area contributed by atoms with Gasteiger partial charge in [0.2, 0.25) is 0 Å². The molecule has 0 aliphatic heterocycles. The highest BCUT2D eigenvalue weighted by Gasteiger charge is 2.10. The van der Waals surface area contributed by atoms with Gasteiger partial charge in [-0.25, -0.2) is 10.2 Å². The molecule has 118 valence electrons. The second-order valence-electron chi connectivity index (χ2n) is 5.98. The van der Waals surface area contributed by atoms with Crippen LogP contribution in [0.3, 0.4) is 0 Å². The minimum Gasteiger partial charge on any atom is -0.350 e. The molecule has 0 spiro atoms. The topological polar surface area (TPSA) is 67.5 Å². The molecule has 6 rings (SSSR count). The Labute approximate surface area is 136 Å². The van der Waals surface area contributed by atoms with Crippen LogP contribution in [0.5, 0.6) is 0 Å². The van der Waals surface area contributed by atoms with E-state index in [2.05, 4.69) is 53.0 Å². The van der Waals surface area contributed by atoms with Crippen molar-refractivity contribution < 1.29 is 4.79 Å². The average molecular weight is 307 g/mol. The molecule has 4 nitrogen and oxygen atoms in total. The number of hydrazone groups is 1. The minimum absolute atomic E-state index is 0.643. The number of nitrogens with one attached hydrogen (secondary N) is 1. The number of benzene rings is 2. The maximum absolute atomic E-state index is 10.9. The molecule has 0 heterocycles. The van der Waals surface area contributed by atoms with Gasteiger partial charge in [0.25, 0.3) is 0 Å². The Morgan fingerprint density at radius 1 is 0.957 bits per heavy atom. The zero-order valence-electron chi connectivity index (χ0n) is 13.3. The molecular formula is C19H21N3O. The zero-order chi connectivity index (χ0) is 16.2. The molecular weight excluding hydrogens is 286 g/mol. The van der Waals surface area contributed by atoms with Gasteiger partial charge in [0.1, 0.15) is 0 Å². The summed E-state index contributed by atoms with van der Waals surface area (Å²) in [5, 5.41) is 4.10. The fourth-order valence-corrected chi connectivity index (χ4v) is 2.97. The first-order valence-corrected chi connectivity index (χ1v) is 7.91. The summed E-state index contributed by atoms with van der Waals surface area (Å²) >= 11 is 0. The van der Waals surface area contributed by atoms with Crippen LogP contribution in [0.15, 0.2) is 47.6 Å². The Morgan fingerprint density at radius 3 is 2.17 bits per heavy atom. The lowest BCUT2D eigenvalue weighted by atomic mass is 9.92. The molecule has 0 saturated heterocycles. The van der Waals surface area contributed by atoms with Gasteiger partial charge in [0.05, 0.1) is 5.71 Å². The molecule has 0 atom stereocenters. The molecule has 3 N–H and O–H groups in total. The van der Waals surface area contributed by atoms with Crippen LogP contribution in [-0.4, -0.2) is 11.7 Å². The van der Waals surface area contributed by atoms with Crippen LogP contribution in [0, 0.1) is 0 Å². The predicted octanol–water partition coefficient (Wildman–Crippen LogP) is 2.96. The van der Waals surface area contributed by atoms with E-state index in [4.69, 9.17) is 5.73 Å². The van der Waals surface area contributed by atoms with E-state index in [9.17, 15) is 4.79 Å². The second-order valence-corrected chi connectivity index (χ2v) is 5.98. The van der Waals surface area contributed by atoms with Gasteiger partial charge in [-0.3, -0.25) is 0 Å². The molecule has 4 bridgehead atoms. The van der Waals surface area contributed by atoms with Crippen molar-refractivity contribution in [3.63, 3.8) is 0 Å². The van der Waals surface area contributed by atoms with E-state index in [1.54, 1.807) is 0 Å². The van der Waals surface area contributed by atoms with E-state index < -0.39 is 6.03 Å². The molecule has 0 saturated carbocycles. The van der Waals surface area contributed by atoms with E-state index in [1.807, 2.05) is 6.92 Å². The third-order valence-electron chi connectivity index (χ3n) is 4.31. The summed E-state index contributed by atoms with van der Waals surface area (Å²) in [5.41, 5.74) is 14.5. The molecule has 0 aromatic heterocycles. The van der Waals surface area contributed by atoms with Crippen LogP contribution in [0.25, 0.3) is 0 Å². The molecule has 0 unspecified atom stereocenters. The first kappa shape index (κ1) is 15.3. The molecule has 0 radical (unpaired) electrons. The van der Waals surface area contributed by atoms with E-state index in [0.29, 0.717) is 0 Å². The van der Waals surface area contributed by atoms with E-state index >= 15 is 0 Å². The Bertz CT molecular complexity index is 748. The number of carbonyl (C=O) groups excluding carboxylic acids is 1. The van der Waals surface area contributed by atoms with Gasteiger partial charge in [0, 0.05) is 5.56 Å². The van der Waals surface area contributed by atoms with Gasteiger partial charge in [-0.2, -0.15) is 5.10 Å². The SMILES string of the molecule is CC(=NNC(N)=O)c1cc2ccc1CCc1ccc(cc1)CC2. The van der Waals surface area contributed by atoms with Crippen molar-refractivity contribution in [1.29, 1.82) is 0 Å². The lowest BCUT2D eigenvalue weighted by Gasteiger charge is -2.14.